The van der Waals surface area contributed by atoms with Crippen LogP contribution >= 0.6 is 12.4 Å². The van der Waals surface area contributed by atoms with Crippen LogP contribution in [0.3, 0.4) is 0 Å². The molecule has 1 heterocycles. The lowest BCUT2D eigenvalue weighted by molar-refractivity contribution is -0.126. The molecule has 1 amide bonds. The van der Waals surface area contributed by atoms with Crippen molar-refractivity contribution in [2.45, 2.75) is 38.6 Å². The number of ether oxygens (including phenoxy) is 2. The molecule has 136 valence electrons. The van der Waals surface area contributed by atoms with Crippen LogP contribution in [0.4, 0.5) is 0 Å². The lowest BCUT2D eigenvalue weighted by atomic mass is 9.82. The maximum Gasteiger partial charge on any atom is 0.230 e. The van der Waals surface area contributed by atoms with Gasteiger partial charge in [0.25, 0.3) is 0 Å². The van der Waals surface area contributed by atoms with Gasteiger partial charge in [-0.15, -0.1) is 12.4 Å². The highest BCUT2D eigenvalue weighted by molar-refractivity contribution is 5.87. The summed E-state index contributed by atoms with van der Waals surface area (Å²) in [6.45, 7) is 7.91. The standard InChI is InChI=1S/C18H28N2O3.ClH/c1-12-8-9-19-11-14(12)20-17(21)18(2,3)13-6-7-15(22-4)16(10-13)23-5;/h6-7,10,12,14,19H,8-9,11H2,1-5H3,(H,20,21);1H. The molecule has 0 aliphatic carbocycles. The van der Waals surface area contributed by atoms with Crippen molar-refractivity contribution in [1.29, 1.82) is 0 Å². The fraction of sp³-hybridized carbons (Fsp3) is 0.611. The largest absolute Gasteiger partial charge is 0.493 e. The maximum absolute atomic E-state index is 12.8. The Morgan fingerprint density at radius 1 is 1.25 bits per heavy atom. The zero-order valence-electron chi connectivity index (χ0n) is 15.1. The van der Waals surface area contributed by atoms with E-state index in [0.29, 0.717) is 17.4 Å². The zero-order valence-corrected chi connectivity index (χ0v) is 16.0. The lowest BCUT2D eigenvalue weighted by Crippen LogP contribution is -2.54. The second kappa shape index (κ2) is 8.58. The minimum absolute atomic E-state index is 0. The number of rotatable bonds is 5. The van der Waals surface area contributed by atoms with E-state index in [2.05, 4.69) is 17.6 Å². The van der Waals surface area contributed by atoms with Gasteiger partial charge in [-0.1, -0.05) is 13.0 Å². The maximum atomic E-state index is 12.8. The molecular formula is C18H29ClN2O3. The van der Waals surface area contributed by atoms with Crippen LogP contribution in [0.2, 0.25) is 0 Å². The molecule has 24 heavy (non-hydrogen) atoms. The van der Waals surface area contributed by atoms with Gasteiger partial charge in [-0.25, -0.2) is 0 Å². The lowest BCUT2D eigenvalue weighted by Gasteiger charge is -2.34. The van der Waals surface area contributed by atoms with Crippen LogP contribution in [0.15, 0.2) is 18.2 Å². The second-order valence-electron chi connectivity index (χ2n) is 6.74. The number of nitrogens with one attached hydrogen (secondary N) is 2. The summed E-state index contributed by atoms with van der Waals surface area (Å²) in [6.07, 6.45) is 1.09. The second-order valence-corrected chi connectivity index (χ2v) is 6.74. The summed E-state index contributed by atoms with van der Waals surface area (Å²) in [4.78, 5) is 12.8. The van der Waals surface area contributed by atoms with Crippen LogP contribution < -0.4 is 20.1 Å². The first-order valence-electron chi connectivity index (χ1n) is 8.14. The smallest absolute Gasteiger partial charge is 0.230 e. The van der Waals surface area contributed by atoms with Gasteiger partial charge >= 0.3 is 0 Å². The molecule has 2 unspecified atom stereocenters. The number of benzene rings is 1. The van der Waals surface area contributed by atoms with E-state index < -0.39 is 5.41 Å². The van der Waals surface area contributed by atoms with Gasteiger partial charge in [-0.05, 0) is 50.4 Å². The number of methoxy groups -OCH3 is 2. The van der Waals surface area contributed by atoms with Gasteiger partial charge < -0.3 is 20.1 Å². The predicted octanol–water partition coefficient (Wildman–Crippen LogP) is 2.52. The van der Waals surface area contributed by atoms with Gasteiger partial charge in [0.1, 0.15) is 0 Å². The monoisotopic (exact) mass is 356 g/mol. The van der Waals surface area contributed by atoms with Gasteiger partial charge in [-0.2, -0.15) is 0 Å². The molecule has 1 aliphatic rings. The molecule has 1 saturated heterocycles. The van der Waals surface area contributed by atoms with Crippen LogP contribution in [0.1, 0.15) is 32.8 Å². The molecule has 0 bridgehead atoms. The van der Waals surface area contributed by atoms with Crippen LogP contribution in [-0.2, 0) is 10.2 Å². The minimum atomic E-state index is -0.642. The van der Waals surface area contributed by atoms with Crippen molar-refractivity contribution in [3.8, 4) is 11.5 Å². The Morgan fingerprint density at radius 2 is 1.92 bits per heavy atom. The number of halogens is 1. The molecule has 0 spiro atoms. The summed E-state index contributed by atoms with van der Waals surface area (Å²) in [7, 11) is 3.21. The number of carbonyl (C=O) groups excluding carboxylic acids is 1. The van der Waals surface area contributed by atoms with Crippen molar-refractivity contribution in [2.75, 3.05) is 27.3 Å². The third kappa shape index (κ3) is 4.33. The first kappa shape index (κ1) is 20.6. The fourth-order valence-electron chi connectivity index (χ4n) is 2.89. The van der Waals surface area contributed by atoms with E-state index in [-0.39, 0.29) is 24.4 Å². The van der Waals surface area contributed by atoms with Gasteiger partial charge in [0.15, 0.2) is 11.5 Å². The molecule has 1 aromatic carbocycles. The average molecular weight is 357 g/mol. The molecule has 6 heteroatoms. The van der Waals surface area contributed by atoms with E-state index in [1.807, 2.05) is 32.0 Å². The summed E-state index contributed by atoms with van der Waals surface area (Å²) < 4.78 is 10.6. The van der Waals surface area contributed by atoms with Crippen molar-refractivity contribution in [1.82, 2.24) is 10.6 Å². The Kier molecular flexibility index (Phi) is 7.36. The number of amides is 1. The average Bonchev–Trinajstić information content (AvgIpc) is 2.56. The Bertz CT molecular complexity index is 563. The van der Waals surface area contributed by atoms with Crippen molar-refractivity contribution in [3.05, 3.63) is 23.8 Å². The molecule has 2 atom stereocenters. The van der Waals surface area contributed by atoms with Gasteiger partial charge in [0.05, 0.1) is 19.6 Å². The van der Waals surface area contributed by atoms with Gasteiger partial charge in [0.2, 0.25) is 5.91 Å². The summed E-state index contributed by atoms with van der Waals surface area (Å²) in [6, 6.07) is 5.81. The molecule has 5 nitrogen and oxygen atoms in total. The van der Waals surface area contributed by atoms with Crippen molar-refractivity contribution >= 4 is 18.3 Å². The van der Waals surface area contributed by atoms with Crippen LogP contribution in [0.25, 0.3) is 0 Å². The highest BCUT2D eigenvalue weighted by Gasteiger charge is 2.33. The minimum Gasteiger partial charge on any atom is -0.493 e. The molecular weight excluding hydrogens is 328 g/mol. The number of hydrogen-bond donors (Lipinski definition) is 2. The molecule has 0 saturated carbocycles. The molecule has 0 radical (unpaired) electrons. The first-order chi connectivity index (χ1) is 10.9. The van der Waals surface area contributed by atoms with E-state index in [1.165, 1.54) is 0 Å². The van der Waals surface area contributed by atoms with E-state index in [4.69, 9.17) is 9.47 Å². The Balaban J connectivity index is 0.00000288. The SMILES string of the molecule is COc1ccc(C(C)(C)C(=O)NC2CNCCC2C)cc1OC.Cl. The van der Waals surface area contributed by atoms with Crippen LogP contribution in [0, 0.1) is 5.92 Å². The molecule has 0 aromatic heterocycles. The summed E-state index contributed by atoms with van der Waals surface area (Å²) in [5.74, 6) is 1.82. The normalized spacial score (nSPS) is 20.7. The number of piperidine rings is 1. The summed E-state index contributed by atoms with van der Waals surface area (Å²) >= 11 is 0. The van der Waals surface area contributed by atoms with E-state index in [1.54, 1.807) is 14.2 Å². The number of hydrogen-bond acceptors (Lipinski definition) is 4. The first-order valence-corrected chi connectivity index (χ1v) is 8.14. The van der Waals surface area contributed by atoms with Crippen molar-refractivity contribution in [2.24, 2.45) is 5.92 Å². The third-order valence-electron chi connectivity index (χ3n) is 4.82. The van der Waals surface area contributed by atoms with Gasteiger partial charge in [-0.3, -0.25) is 4.79 Å². The number of carbonyl (C=O) groups is 1. The quantitative estimate of drug-likeness (QED) is 0.851. The topological polar surface area (TPSA) is 59.6 Å². The van der Waals surface area contributed by atoms with Crippen molar-refractivity contribution < 1.29 is 14.3 Å². The Morgan fingerprint density at radius 3 is 2.50 bits per heavy atom. The van der Waals surface area contributed by atoms with Crippen molar-refractivity contribution in [3.63, 3.8) is 0 Å². The Labute approximate surface area is 150 Å². The fourth-order valence-corrected chi connectivity index (χ4v) is 2.89. The molecule has 2 N–H and O–H groups in total. The molecule has 1 aromatic rings. The summed E-state index contributed by atoms with van der Waals surface area (Å²) in [5, 5.41) is 6.54. The van der Waals surface area contributed by atoms with E-state index in [0.717, 1.165) is 25.1 Å². The predicted molar refractivity (Wildman–Crippen MR) is 98.4 cm³/mol. The molecule has 1 fully saturated rings. The third-order valence-corrected chi connectivity index (χ3v) is 4.82. The van der Waals surface area contributed by atoms with E-state index >= 15 is 0 Å². The summed E-state index contributed by atoms with van der Waals surface area (Å²) in [5.41, 5.74) is 0.264. The van der Waals surface area contributed by atoms with Crippen LogP contribution in [-0.4, -0.2) is 39.3 Å². The van der Waals surface area contributed by atoms with Crippen LogP contribution in [0.5, 0.6) is 11.5 Å². The molecule has 1 aliphatic heterocycles. The zero-order chi connectivity index (χ0) is 17.0. The highest BCUT2D eigenvalue weighted by atomic mass is 35.5. The Hall–Kier alpha value is -1.46. The van der Waals surface area contributed by atoms with E-state index in [9.17, 15) is 4.79 Å². The van der Waals surface area contributed by atoms with Gasteiger partial charge in [0, 0.05) is 12.6 Å². The molecule has 2 rings (SSSR count). The highest BCUT2D eigenvalue weighted by Crippen LogP contribution is 2.33.